The van der Waals surface area contributed by atoms with E-state index in [-0.39, 0.29) is 24.5 Å². The second-order valence-corrected chi connectivity index (χ2v) is 7.19. The lowest BCUT2D eigenvalue weighted by atomic mass is 9.94. The van der Waals surface area contributed by atoms with Crippen LogP contribution in [0.15, 0.2) is 54.1 Å². The summed E-state index contributed by atoms with van der Waals surface area (Å²) >= 11 is 0. The normalized spacial score (nSPS) is 17.8. The first-order valence-corrected chi connectivity index (χ1v) is 10.3. The molecule has 2 aromatic carbocycles. The molecule has 0 radical (unpaired) electrons. The Labute approximate surface area is 181 Å². The lowest BCUT2D eigenvalue weighted by Gasteiger charge is -2.25. The number of rotatable bonds is 9. The van der Waals surface area contributed by atoms with Crippen molar-refractivity contribution in [3.63, 3.8) is 0 Å². The van der Waals surface area contributed by atoms with Crippen molar-refractivity contribution in [1.29, 1.82) is 0 Å². The molecular formula is C24H27NO6. The fourth-order valence-corrected chi connectivity index (χ4v) is 3.71. The topological polar surface area (TPSA) is 96.3 Å². The molecule has 31 heavy (non-hydrogen) atoms. The molecule has 1 heterocycles. The highest BCUT2D eigenvalue weighted by atomic mass is 16.5. The Kier molecular flexibility index (Phi) is 7.31. The summed E-state index contributed by atoms with van der Waals surface area (Å²) in [5.41, 5.74) is 1.00. The number of ketones is 1. The van der Waals surface area contributed by atoms with Crippen molar-refractivity contribution in [2.45, 2.75) is 25.8 Å². The van der Waals surface area contributed by atoms with Gasteiger partial charge in [0.25, 0.3) is 11.7 Å². The lowest BCUT2D eigenvalue weighted by molar-refractivity contribution is -0.139. The van der Waals surface area contributed by atoms with Crippen LogP contribution in [0, 0.1) is 0 Å². The van der Waals surface area contributed by atoms with Crippen LogP contribution in [0.1, 0.15) is 36.9 Å². The van der Waals surface area contributed by atoms with E-state index in [0.29, 0.717) is 29.2 Å². The van der Waals surface area contributed by atoms with Crippen LogP contribution >= 0.6 is 0 Å². The van der Waals surface area contributed by atoms with E-state index in [9.17, 15) is 14.7 Å². The maximum Gasteiger partial charge on any atom is 0.295 e. The Morgan fingerprint density at radius 2 is 1.90 bits per heavy atom. The van der Waals surface area contributed by atoms with E-state index in [0.717, 1.165) is 12.8 Å². The predicted molar refractivity (Wildman–Crippen MR) is 116 cm³/mol. The zero-order valence-corrected chi connectivity index (χ0v) is 17.7. The molecule has 2 N–H and O–H groups in total. The molecule has 1 fully saturated rings. The molecule has 7 nitrogen and oxygen atoms in total. The average molecular weight is 425 g/mol. The molecule has 0 aliphatic carbocycles. The van der Waals surface area contributed by atoms with Crippen LogP contribution < -0.4 is 9.47 Å². The third-order valence-electron chi connectivity index (χ3n) is 5.19. The largest absolute Gasteiger partial charge is 0.507 e. The summed E-state index contributed by atoms with van der Waals surface area (Å²) in [6, 6.07) is 13.1. The number of para-hydroxylation sites is 1. The van der Waals surface area contributed by atoms with Crippen LogP contribution in [0.2, 0.25) is 0 Å². The third kappa shape index (κ3) is 4.56. The van der Waals surface area contributed by atoms with Crippen LogP contribution in [0.4, 0.5) is 0 Å². The summed E-state index contributed by atoms with van der Waals surface area (Å²) in [5, 5.41) is 20.2. The lowest BCUT2D eigenvalue weighted by Crippen LogP contribution is -2.30. The number of benzene rings is 2. The van der Waals surface area contributed by atoms with E-state index >= 15 is 0 Å². The summed E-state index contributed by atoms with van der Waals surface area (Å²) in [6.45, 7) is 2.38. The van der Waals surface area contributed by atoms with Gasteiger partial charge in [0.05, 0.1) is 30.9 Å². The molecule has 1 unspecified atom stereocenters. The zero-order chi connectivity index (χ0) is 22.4. The van der Waals surface area contributed by atoms with E-state index in [2.05, 4.69) is 0 Å². The number of carbonyl (C=O) groups is 2. The van der Waals surface area contributed by atoms with Gasteiger partial charge in [0.15, 0.2) is 0 Å². The second kappa shape index (κ2) is 10.1. The Bertz CT molecular complexity index is 984. The smallest absolute Gasteiger partial charge is 0.295 e. The number of hydrogen-bond acceptors (Lipinski definition) is 6. The molecule has 1 amide bonds. The molecule has 0 aromatic heterocycles. The van der Waals surface area contributed by atoms with Gasteiger partial charge in [-0.1, -0.05) is 37.6 Å². The number of methoxy groups -OCH3 is 1. The number of hydrogen-bond donors (Lipinski definition) is 2. The van der Waals surface area contributed by atoms with Crippen molar-refractivity contribution in [3.05, 3.63) is 65.2 Å². The predicted octanol–water partition coefficient (Wildman–Crippen LogP) is 3.29. The van der Waals surface area contributed by atoms with Gasteiger partial charge < -0.3 is 24.6 Å². The van der Waals surface area contributed by atoms with Crippen LogP contribution in [-0.2, 0) is 9.59 Å². The minimum Gasteiger partial charge on any atom is -0.507 e. The SMILES string of the molecule is CCCCN1C(=O)C(=O)/C(=C(\O)c2ccccc2OC)C1c1cccc(OCCO)c1. The summed E-state index contributed by atoms with van der Waals surface area (Å²) < 4.78 is 10.8. The molecule has 1 aliphatic rings. The number of nitrogens with zero attached hydrogens (tertiary/aromatic N) is 1. The molecule has 0 saturated carbocycles. The van der Waals surface area contributed by atoms with Gasteiger partial charge in [0.1, 0.15) is 23.9 Å². The zero-order valence-electron chi connectivity index (χ0n) is 17.7. The van der Waals surface area contributed by atoms with Gasteiger partial charge in [0, 0.05) is 6.54 Å². The molecule has 0 spiro atoms. The number of aliphatic hydroxyl groups excluding tert-OH is 2. The fraction of sp³-hybridized carbons (Fsp3) is 0.333. The first-order chi connectivity index (χ1) is 15.0. The van der Waals surface area contributed by atoms with Crippen molar-refractivity contribution in [2.75, 3.05) is 26.9 Å². The van der Waals surface area contributed by atoms with Crippen LogP contribution in [-0.4, -0.2) is 53.7 Å². The molecule has 1 saturated heterocycles. The molecule has 1 aliphatic heterocycles. The molecule has 7 heteroatoms. The number of aliphatic hydroxyl groups is 2. The monoisotopic (exact) mass is 425 g/mol. The summed E-state index contributed by atoms with van der Waals surface area (Å²) in [6.07, 6.45) is 1.57. The molecule has 164 valence electrons. The average Bonchev–Trinajstić information content (AvgIpc) is 3.05. The highest BCUT2D eigenvalue weighted by Crippen LogP contribution is 2.41. The number of carbonyl (C=O) groups excluding carboxylic acids is 2. The van der Waals surface area contributed by atoms with E-state index in [1.54, 1.807) is 48.5 Å². The van der Waals surface area contributed by atoms with E-state index in [4.69, 9.17) is 14.6 Å². The van der Waals surface area contributed by atoms with Crippen molar-refractivity contribution in [1.82, 2.24) is 4.90 Å². The fourth-order valence-electron chi connectivity index (χ4n) is 3.71. The molecule has 1 atom stereocenters. The number of Topliss-reactive ketones (excluding diaryl/α,β-unsaturated/α-hetero) is 1. The van der Waals surface area contributed by atoms with E-state index in [1.807, 2.05) is 6.92 Å². The Hall–Kier alpha value is -3.32. The van der Waals surface area contributed by atoms with E-state index in [1.165, 1.54) is 12.0 Å². The number of ether oxygens (including phenoxy) is 2. The maximum atomic E-state index is 13.0. The van der Waals surface area contributed by atoms with Gasteiger partial charge in [-0.05, 0) is 36.2 Å². The highest BCUT2D eigenvalue weighted by molar-refractivity contribution is 6.46. The molecule has 3 rings (SSSR count). The van der Waals surface area contributed by atoms with Crippen LogP contribution in [0.5, 0.6) is 11.5 Å². The van der Waals surface area contributed by atoms with Gasteiger partial charge in [-0.2, -0.15) is 0 Å². The van der Waals surface area contributed by atoms with Gasteiger partial charge in [0.2, 0.25) is 0 Å². The van der Waals surface area contributed by atoms with Crippen LogP contribution in [0.3, 0.4) is 0 Å². The summed E-state index contributed by atoms with van der Waals surface area (Å²) in [4.78, 5) is 27.4. The molecule has 2 aromatic rings. The van der Waals surface area contributed by atoms with Gasteiger partial charge >= 0.3 is 0 Å². The minimum absolute atomic E-state index is 0.0184. The maximum absolute atomic E-state index is 13.0. The first kappa shape index (κ1) is 22.4. The van der Waals surface area contributed by atoms with Gasteiger partial charge in [-0.25, -0.2) is 0 Å². The third-order valence-corrected chi connectivity index (χ3v) is 5.19. The molecule has 0 bridgehead atoms. The van der Waals surface area contributed by atoms with Crippen molar-refractivity contribution < 1.29 is 29.3 Å². The number of unbranched alkanes of at least 4 members (excludes halogenated alkanes) is 1. The molecular weight excluding hydrogens is 398 g/mol. The number of likely N-dealkylation sites (tertiary alicyclic amines) is 1. The van der Waals surface area contributed by atoms with Crippen molar-refractivity contribution in [2.24, 2.45) is 0 Å². The second-order valence-electron chi connectivity index (χ2n) is 7.19. The first-order valence-electron chi connectivity index (χ1n) is 10.3. The Morgan fingerprint density at radius 1 is 1.13 bits per heavy atom. The summed E-state index contributed by atoms with van der Waals surface area (Å²) in [7, 11) is 1.48. The van der Waals surface area contributed by atoms with Gasteiger partial charge in [-0.3, -0.25) is 9.59 Å². The standard InChI is InChI=1S/C24H27NO6/c1-3-4-12-25-21(16-8-7-9-17(15-16)31-14-13-26)20(23(28)24(25)29)22(27)18-10-5-6-11-19(18)30-2/h5-11,15,21,26-27H,3-4,12-14H2,1-2H3/b22-20-. The van der Waals surface area contributed by atoms with Gasteiger partial charge in [-0.15, -0.1) is 0 Å². The quantitative estimate of drug-likeness (QED) is 0.364. The highest BCUT2D eigenvalue weighted by Gasteiger charge is 2.46. The minimum atomic E-state index is -0.755. The number of amides is 1. The van der Waals surface area contributed by atoms with Crippen molar-refractivity contribution >= 4 is 17.4 Å². The summed E-state index contributed by atoms with van der Waals surface area (Å²) in [5.74, 6) is -0.743. The van der Waals surface area contributed by atoms with Crippen molar-refractivity contribution in [3.8, 4) is 11.5 Å². The van der Waals surface area contributed by atoms with E-state index < -0.39 is 17.7 Å². The Morgan fingerprint density at radius 3 is 2.61 bits per heavy atom. The Balaban J connectivity index is 2.16. The van der Waals surface area contributed by atoms with Crippen LogP contribution in [0.25, 0.3) is 5.76 Å².